The van der Waals surface area contributed by atoms with Crippen molar-refractivity contribution < 1.29 is 18.7 Å². The fourth-order valence-electron chi connectivity index (χ4n) is 2.49. The normalized spacial score (nSPS) is 17.1. The largest absolute Gasteiger partial charge is 0.439 e. The number of halogens is 1. The summed E-state index contributed by atoms with van der Waals surface area (Å²) in [5.74, 6) is 0.523. The van der Waals surface area contributed by atoms with E-state index in [9.17, 15) is 9.18 Å². The van der Waals surface area contributed by atoms with Gasteiger partial charge < -0.3 is 20.1 Å². The van der Waals surface area contributed by atoms with E-state index < -0.39 is 0 Å². The van der Waals surface area contributed by atoms with E-state index in [1.165, 1.54) is 24.3 Å². The van der Waals surface area contributed by atoms with Crippen molar-refractivity contribution in [1.82, 2.24) is 15.6 Å². The molecule has 2 aromatic rings. The fourth-order valence-corrected chi connectivity index (χ4v) is 2.49. The number of nitrogens with zero attached hydrogens (tertiary/aromatic N) is 1. The number of benzene rings is 1. The molecule has 1 aliphatic heterocycles. The Labute approximate surface area is 145 Å². The molecule has 1 aromatic heterocycles. The molecule has 0 radical (unpaired) electrons. The molecule has 0 saturated carbocycles. The lowest BCUT2D eigenvalue weighted by molar-refractivity contribution is -0.122. The van der Waals surface area contributed by atoms with Gasteiger partial charge in [-0.3, -0.25) is 4.79 Å². The summed E-state index contributed by atoms with van der Waals surface area (Å²) in [6.07, 6.45) is 1.99. The molecular formula is C18H20FN3O3. The summed E-state index contributed by atoms with van der Waals surface area (Å²) in [6, 6.07) is 9.31. The van der Waals surface area contributed by atoms with Crippen molar-refractivity contribution in [3.05, 3.63) is 54.0 Å². The monoisotopic (exact) mass is 345 g/mol. The smallest absolute Gasteiger partial charge is 0.221 e. The predicted molar refractivity (Wildman–Crippen MR) is 89.8 cm³/mol. The molecule has 1 aromatic carbocycles. The lowest BCUT2D eigenvalue weighted by atomic mass is 10.2. The molecule has 0 aliphatic carbocycles. The maximum atomic E-state index is 12.9. The third-order valence-corrected chi connectivity index (χ3v) is 3.76. The van der Waals surface area contributed by atoms with Crippen LogP contribution >= 0.6 is 0 Å². The van der Waals surface area contributed by atoms with Crippen LogP contribution in [0.3, 0.4) is 0 Å². The van der Waals surface area contributed by atoms with Gasteiger partial charge in [0.1, 0.15) is 11.6 Å². The predicted octanol–water partition coefficient (Wildman–Crippen LogP) is 2.01. The minimum Gasteiger partial charge on any atom is -0.439 e. The molecule has 1 atom stereocenters. The van der Waals surface area contributed by atoms with Crippen molar-refractivity contribution in [3.8, 4) is 11.6 Å². The van der Waals surface area contributed by atoms with Crippen LogP contribution in [0.2, 0.25) is 0 Å². The third-order valence-electron chi connectivity index (χ3n) is 3.76. The first kappa shape index (κ1) is 17.3. The molecule has 132 valence electrons. The van der Waals surface area contributed by atoms with Crippen molar-refractivity contribution in [1.29, 1.82) is 0 Å². The van der Waals surface area contributed by atoms with Gasteiger partial charge in [-0.15, -0.1) is 0 Å². The van der Waals surface area contributed by atoms with Gasteiger partial charge in [0.15, 0.2) is 0 Å². The van der Waals surface area contributed by atoms with Gasteiger partial charge in [0.2, 0.25) is 11.8 Å². The molecule has 6 nitrogen and oxygen atoms in total. The van der Waals surface area contributed by atoms with Crippen molar-refractivity contribution in [2.45, 2.75) is 19.0 Å². The lowest BCUT2D eigenvalue weighted by Crippen LogP contribution is -2.44. The molecule has 0 spiro atoms. The number of aromatic nitrogens is 1. The molecular weight excluding hydrogens is 325 g/mol. The topological polar surface area (TPSA) is 72.5 Å². The van der Waals surface area contributed by atoms with Gasteiger partial charge in [-0.25, -0.2) is 9.37 Å². The Balaban J connectivity index is 1.50. The molecule has 1 fully saturated rings. The van der Waals surface area contributed by atoms with Crippen LogP contribution in [0.1, 0.15) is 12.0 Å². The van der Waals surface area contributed by atoms with Gasteiger partial charge in [-0.2, -0.15) is 0 Å². The summed E-state index contributed by atoms with van der Waals surface area (Å²) in [5, 5.41) is 6.12. The molecule has 1 amide bonds. The van der Waals surface area contributed by atoms with Gasteiger partial charge in [-0.1, -0.05) is 0 Å². The van der Waals surface area contributed by atoms with Crippen LogP contribution in [0.5, 0.6) is 11.6 Å². The molecule has 25 heavy (non-hydrogen) atoms. The number of nitrogens with one attached hydrogen (secondary N) is 2. The third kappa shape index (κ3) is 5.51. The Morgan fingerprint density at radius 3 is 2.96 bits per heavy atom. The average molecular weight is 345 g/mol. The SMILES string of the molecule is O=C(CC1COCCN1)NCc1ccnc(Oc2ccc(F)cc2)c1. The number of pyridine rings is 1. The molecule has 2 N–H and O–H groups in total. The van der Waals surface area contributed by atoms with Gasteiger partial charge in [0.25, 0.3) is 0 Å². The highest BCUT2D eigenvalue weighted by atomic mass is 19.1. The van der Waals surface area contributed by atoms with Crippen LogP contribution < -0.4 is 15.4 Å². The number of carbonyl (C=O) groups is 1. The van der Waals surface area contributed by atoms with Crippen LogP contribution in [0.15, 0.2) is 42.6 Å². The Bertz CT molecular complexity index is 703. The number of hydrogen-bond acceptors (Lipinski definition) is 5. The minimum absolute atomic E-state index is 0.0409. The highest BCUT2D eigenvalue weighted by molar-refractivity contribution is 5.76. The van der Waals surface area contributed by atoms with Gasteiger partial charge in [-0.05, 0) is 35.9 Å². The van der Waals surface area contributed by atoms with E-state index in [0.29, 0.717) is 37.8 Å². The standard InChI is InChI=1S/C18H20FN3O3/c19-14-1-3-16(4-2-14)25-18-9-13(5-6-21-18)11-22-17(23)10-15-12-24-8-7-20-15/h1-6,9,15,20H,7-8,10-12H2,(H,22,23). The molecule has 3 rings (SSSR count). The van der Waals surface area contributed by atoms with Crippen molar-refractivity contribution in [2.75, 3.05) is 19.8 Å². The van der Waals surface area contributed by atoms with Gasteiger partial charge in [0.05, 0.1) is 13.2 Å². The summed E-state index contributed by atoms with van der Waals surface area (Å²) < 4.78 is 23.8. The first-order chi connectivity index (χ1) is 12.2. The average Bonchev–Trinajstić information content (AvgIpc) is 2.63. The maximum Gasteiger partial charge on any atom is 0.221 e. The minimum atomic E-state index is -0.324. The Morgan fingerprint density at radius 2 is 2.20 bits per heavy atom. The summed E-state index contributed by atoms with van der Waals surface area (Å²) in [4.78, 5) is 16.1. The molecule has 1 aliphatic rings. The maximum absolute atomic E-state index is 12.9. The van der Waals surface area contributed by atoms with Crippen LogP contribution in [0, 0.1) is 5.82 Å². The first-order valence-electron chi connectivity index (χ1n) is 8.15. The van der Waals surface area contributed by atoms with E-state index in [4.69, 9.17) is 9.47 Å². The lowest BCUT2D eigenvalue weighted by Gasteiger charge is -2.23. The van der Waals surface area contributed by atoms with Crippen LogP contribution in [0.25, 0.3) is 0 Å². The quantitative estimate of drug-likeness (QED) is 0.838. The van der Waals surface area contributed by atoms with E-state index >= 15 is 0 Å². The molecule has 1 saturated heterocycles. The van der Waals surface area contributed by atoms with E-state index in [-0.39, 0.29) is 17.8 Å². The van der Waals surface area contributed by atoms with E-state index in [1.54, 1.807) is 18.3 Å². The Hall–Kier alpha value is -2.51. The van der Waals surface area contributed by atoms with Crippen molar-refractivity contribution >= 4 is 5.91 Å². The Kier molecular flexibility index (Phi) is 5.92. The second kappa shape index (κ2) is 8.55. The number of hydrogen-bond donors (Lipinski definition) is 2. The number of morpholine rings is 1. The second-order valence-corrected chi connectivity index (χ2v) is 5.77. The molecule has 1 unspecified atom stereocenters. The van der Waals surface area contributed by atoms with Crippen LogP contribution in [0.4, 0.5) is 4.39 Å². The summed E-state index contributed by atoms with van der Waals surface area (Å²) in [7, 11) is 0. The van der Waals surface area contributed by atoms with Gasteiger partial charge in [0, 0.05) is 37.8 Å². The van der Waals surface area contributed by atoms with E-state index in [2.05, 4.69) is 15.6 Å². The van der Waals surface area contributed by atoms with Crippen LogP contribution in [-0.4, -0.2) is 36.7 Å². The van der Waals surface area contributed by atoms with E-state index in [0.717, 1.165) is 12.1 Å². The summed E-state index contributed by atoms with van der Waals surface area (Å²) in [6.45, 7) is 2.39. The highest BCUT2D eigenvalue weighted by Crippen LogP contribution is 2.20. The van der Waals surface area contributed by atoms with Crippen molar-refractivity contribution in [2.24, 2.45) is 0 Å². The zero-order valence-electron chi connectivity index (χ0n) is 13.7. The number of ether oxygens (including phenoxy) is 2. The molecule has 0 bridgehead atoms. The molecule has 2 heterocycles. The number of rotatable bonds is 6. The summed E-state index contributed by atoms with van der Waals surface area (Å²) in [5.41, 5.74) is 0.869. The zero-order valence-corrected chi connectivity index (χ0v) is 13.7. The molecule has 7 heteroatoms. The first-order valence-corrected chi connectivity index (χ1v) is 8.15. The van der Waals surface area contributed by atoms with Crippen molar-refractivity contribution in [3.63, 3.8) is 0 Å². The number of amides is 1. The van der Waals surface area contributed by atoms with Gasteiger partial charge >= 0.3 is 0 Å². The number of carbonyl (C=O) groups excluding carboxylic acids is 1. The van der Waals surface area contributed by atoms with E-state index in [1.807, 2.05) is 0 Å². The highest BCUT2D eigenvalue weighted by Gasteiger charge is 2.16. The Morgan fingerprint density at radius 1 is 1.36 bits per heavy atom. The fraction of sp³-hybridized carbons (Fsp3) is 0.333. The zero-order chi connectivity index (χ0) is 17.5. The van der Waals surface area contributed by atoms with Crippen LogP contribution in [-0.2, 0) is 16.1 Å². The summed E-state index contributed by atoms with van der Waals surface area (Å²) >= 11 is 0. The second-order valence-electron chi connectivity index (χ2n) is 5.77.